The molecule has 0 amide bonds. The van der Waals surface area contributed by atoms with Gasteiger partial charge in [0.15, 0.2) is 0 Å². The topological polar surface area (TPSA) is 33.7 Å². The lowest BCUT2D eigenvalue weighted by Crippen LogP contribution is -2.49. The fourth-order valence-corrected chi connectivity index (χ4v) is 1.87. The second-order valence-corrected chi connectivity index (χ2v) is 4.79. The van der Waals surface area contributed by atoms with Gasteiger partial charge >= 0.3 is 0 Å². The molecule has 0 bridgehead atoms. The Balaban J connectivity index is 2.17. The Bertz CT molecular complexity index is 188. The molecule has 1 rings (SSSR count). The average Bonchev–Trinajstić information content (AvgIpc) is 2.29. The van der Waals surface area contributed by atoms with Crippen molar-refractivity contribution in [1.82, 2.24) is 10.2 Å². The summed E-state index contributed by atoms with van der Waals surface area (Å²) >= 11 is 0. The standard InChI is InChI=1S/C12H26N2O2/c1-10(2)14-5-6-16-12(9-14)8-13-7-11(3)15-4/h10-13H,5-9H2,1-4H3. The normalized spacial score (nSPS) is 24.9. The highest BCUT2D eigenvalue weighted by Gasteiger charge is 2.21. The first-order valence-corrected chi connectivity index (χ1v) is 6.22. The third-order valence-corrected chi connectivity index (χ3v) is 3.11. The van der Waals surface area contributed by atoms with E-state index in [9.17, 15) is 0 Å². The molecule has 2 unspecified atom stereocenters. The summed E-state index contributed by atoms with van der Waals surface area (Å²) < 4.78 is 10.9. The fraction of sp³-hybridized carbons (Fsp3) is 1.00. The van der Waals surface area contributed by atoms with Gasteiger partial charge in [0.25, 0.3) is 0 Å². The van der Waals surface area contributed by atoms with E-state index in [1.807, 2.05) is 0 Å². The van der Waals surface area contributed by atoms with Crippen molar-refractivity contribution < 1.29 is 9.47 Å². The minimum atomic E-state index is 0.268. The minimum Gasteiger partial charge on any atom is -0.380 e. The Hall–Kier alpha value is -0.160. The molecule has 16 heavy (non-hydrogen) atoms. The van der Waals surface area contributed by atoms with Crippen LogP contribution in [0.4, 0.5) is 0 Å². The Morgan fingerprint density at radius 1 is 1.44 bits per heavy atom. The zero-order chi connectivity index (χ0) is 12.0. The average molecular weight is 230 g/mol. The predicted octanol–water partition coefficient (Wildman–Crippen LogP) is 0.720. The van der Waals surface area contributed by atoms with Crippen molar-refractivity contribution in [2.75, 3.05) is 39.9 Å². The lowest BCUT2D eigenvalue weighted by Gasteiger charge is -2.35. The van der Waals surface area contributed by atoms with Gasteiger partial charge in [-0.05, 0) is 20.8 Å². The van der Waals surface area contributed by atoms with Crippen LogP contribution in [-0.4, -0.2) is 63.0 Å². The molecule has 1 fully saturated rings. The van der Waals surface area contributed by atoms with E-state index in [-0.39, 0.29) is 6.10 Å². The van der Waals surface area contributed by atoms with Crippen LogP contribution in [0.25, 0.3) is 0 Å². The molecule has 4 nitrogen and oxygen atoms in total. The van der Waals surface area contributed by atoms with Crippen LogP contribution in [0.5, 0.6) is 0 Å². The minimum absolute atomic E-state index is 0.268. The number of methoxy groups -OCH3 is 1. The molecule has 0 aromatic heterocycles. The molecule has 1 heterocycles. The highest BCUT2D eigenvalue weighted by atomic mass is 16.5. The van der Waals surface area contributed by atoms with E-state index in [0.29, 0.717) is 12.1 Å². The van der Waals surface area contributed by atoms with Gasteiger partial charge in [0.05, 0.1) is 18.8 Å². The molecule has 0 aromatic rings. The fourth-order valence-electron chi connectivity index (χ4n) is 1.87. The summed E-state index contributed by atoms with van der Waals surface area (Å²) in [6.07, 6.45) is 0.588. The molecule has 4 heteroatoms. The summed E-state index contributed by atoms with van der Waals surface area (Å²) in [4.78, 5) is 2.47. The van der Waals surface area contributed by atoms with E-state index in [0.717, 1.165) is 32.8 Å². The molecular weight excluding hydrogens is 204 g/mol. The summed E-state index contributed by atoms with van der Waals surface area (Å²) in [5, 5.41) is 3.39. The van der Waals surface area contributed by atoms with Crippen LogP contribution in [-0.2, 0) is 9.47 Å². The molecule has 1 saturated heterocycles. The quantitative estimate of drug-likeness (QED) is 0.729. The molecule has 0 aliphatic carbocycles. The molecule has 0 aromatic carbocycles. The Morgan fingerprint density at radius 2 is 2.19 bits per heavy atom. The van der Waals surface area contributed by atoms with Gasteiger partial charge in [-0.3, -0.25) is 4.90 Å². The molecule has 1 aliphatic rings. The van der Waals surface area contributed by atoms with Gasteiger partial charge in [-0.1, -0.05) is 0 Å². The van der Waals surface area contributed by atoms with Crippen LogP contribution < -0.4 is 5.32 Å². The maximum Gasteiger partial charge on any atom is 0.0826 e. The first-order valence-electron chi connectivity index (χ1n) is 6.22. The van der Waals surface area contributed by atoms with Crippen molar-refractivity contribution in [1.29, 1.82) is 0 Å². The summed E-state index contributed by atoms with van der Waals surface area (Å²) in [5.74, 6) is 0. The first-order chi connectivity index (χ1) is 7.63. The van der Waals surface area contributed by atoms with Crippen LogP contribution >= 0.6 is 0 Å². The van der Waals surface area contributed by atoms with Crippen LogP contribution in [0.1, 0.15) is 20.8 Å². The van der Waals surface area contributed by atoms with Gasteiger partial charge in [-0.25, -0.2) is 0 Å². The predicted molar refractivity (Wildman–Crippen MR) is 65.8 cm³/mol. The second-order valence-electron chi connectivity index (χ2n) is 4.79. The SMILES string of the molecule is COC(C)CNCC1CN(C(C)C)CCO1. The van der Waals surface area contributed by atoms with Crippen molar-refractivity contribution >= 4 is 0 Å². The van der Waals surface area contributed by atoms with Gasteiger partial charge in [-0.2, -0.15) is 0 Å². The van der Waals surface area contributed by atoms with Crippen LogP contribution in [0.3, 0.4) is 0 Å². The zero-order valence-electron chi connectivity index (χ0n) is 11.0. The maximum atomic E-state index is 5.73. The Morgan fingerprint density at radius 3 is 2.81 bits per heavy atom. The number of ether oxygens (including phenoxy) is 2. The van der Waals surface area contributed by atoms with Crippen LogP contribution in [0.15, 0.2) is 0 Å². The zero-order valence-corrected chi connectivity index (χ0v) is 11.0. The molecular formula is C12H26N2O2. The van der Waals surface area contributed by atoms with Gasteiger partial charge in [0, 0.05) is 39.3 Å². The summed E-state index contributed by atoms with van der Waals surface area (Å²) in [7, 11) is 1.74. The number of nitrogens with one attached hydrogen (secondary N) is 1. The lowest BCUT2D eigenvalue weighted by molar-refractivity contribution is -0.0381. The van der Waals surface area contributed by atoms with Gasteiger partial charge in [-0.15, -0.1) is 0 Å². The van der Waals surface area contributed by atoms with E-state index < -0.39 is 0 Å². The summed E-state index contributed by atoms with van der Waals surface area (Å²) in [6, 6.07) is 0.615. The molecule has 1 aliphatic heterocycles. The van der Waals surface area contributed by atoms with Crippen molar-refractivity contribution in [3.05, 3.63) is 0 Å². The number of hydrogen-bond acceptors (Lipinski definition) is 4. The summed E-state index contributed by atoms with van der Waals surface area (Å²) in [6.45, 7) is 11.3. The second kappa shape index (κ2) is 7.22. The Labute approximate surface area is 99.3 Å². The molecule has 0 radical (unpaired) electrons. The van der Waals surface area contributed by atoms with E-state index >= 15 is 0 Å². The highest BCUT2D eigenvalue weighted by molar-refractivity contribution is 4.75. The van der Waals surface area contributed by atoms with E-state index in [1.54, 1.807) is 7.11 Å². The van der Waals surface area contributed by atoms with Crippen molar-refractivity contribution in [3.63, 3.8) is 0 Å². The monoisotopic (exact) mass is 230 g/mol. The molecule has 1 N–H and O–H groups in total. The summed E-state index contributed by atoms with van der Waals surface area (Å²) in [5.41, 5.74) is 0. The number of morpholine rings is 1. The molecule has 96 valence electrons. The van der Waals surface area contributed by atoms with E-state index in [4.69, 9.17) is 9.47 Å². The number of nitrogens with zero attached hydrogens (tertiary/aromatic N) is 1. The molecule has 2 atom stereocenters. The number of hydrogen-bond donors (Lipinski definition) is 1. The van der Waals surface area contributed by atoms with Crippen LogP contribution in [0.2, 0.25) is 0 Å². The third kappa shape index (κ3) is 4.78. The number of rotatable bonds is 6. The molecule has 0 spiro atoms. The van der Waals surface area contributed by atoms with Gasteiger partial charge < -0.3 is 14.8 Å². The largest absolute Gasteiger partial charge is 0.380 e. The van der Waals surface area contributed by atoms with Crippen molar-refractivity contribution in [2.24, 2.45) is 0 Å². The maximum absolute atomic E-state index is 5.73. The van der Waals surface area contributed by atoms with Gasteiger partial charge in [0.2, 0.25) is 0 Å². The van der Waals surface area contributed by atoms with Crippen molar-refractivity contribution in [2.45, 2.75) is 39.0 Å². The molecule has 0 saturated carbocycles. The third-order valence-electron chi connectivity index (χ3n) is 3.11. The van der Waals surface area contributed by atoms with E-state index in [1.165, 1.54) is 0 Å². The van der Waals surface area contributed by atoms with E-state index in [2.05, 4.69) is 31.0 Å². The van der Waals surface area contributed by atoms with Gasteiger partial charge in [0.1, 0.15) is 0 Å². The Kier molecular flexibility index (Phi) is 6.28. The highest BCUT2D eigenvalue weighted by Crippen LogP contribution is 2.07. The van der Waals surface area contributed by atoms with Crippen molar-refractivity contribution in [3.8, 4) is 0 Å². The van der Waals surface area contributed by atoms with Crippen LogP contribution in [0, 0.1) is 0 Å². The lowest BCUT2D eigenvalue weighted by atomic mass is 10.2. The first kappa shape index (κ1) is 13.9. The smallest absolute Gasteiger partial charge is 0.0826 e.